The van der Waals surface area contributed by atoms with E-state index in [0.717, 1.165) is 22.4 Å². The number of rotatable bonds is 3. The van der Waals surface area contributed by atoms with Crippen LogP contribution in [0.15, 0.2) is 49.0 Å². The average molecular weight is 320 g/mol. The van der Waals surface area contributed by atoms with Crippen LogP contribution in [0.1, 0.15) is 34.0 Å². The van der Waals surface area contributed by atoms with Crippen LogP contribution < -0.4 is 5.32 Å². The predicted octanol–water partition coefficient (Wildman–Crippen LogP) is 3.76. The van der Waals surface area contributed by atoms with E-state index in [1.54, 1.807) is 13.0 Å². The second-order valence-corrected chi connectivity index (χ2v) is 6.15. The maximum atomic E-state index is 12.7. The summed E-state index contributed by atoms with van der Waals surface area (Å²) in [4.78, 5) is 26.7. The third-order valence-corrected chi connectivity index (χ3v) is 4.40. The molecule has 1 atom stereocenters. The molecule has 1 aliphatic rings. The number of aryl methyl sites for hydroxylation is 2. The van der Waals surface area contributed by atoms with E-state index in [1.165, 1.54) is 4.90 Å². The first kappa shape index (κ1) is 16.0. The highest BCUT2D eigenvalue weighted by Crippen LogP contribution is 2.33. The summed E-state index contributed by atoms with van der Waals surface area (Å²) in [7, 11) is 0. The van der Waals surface area contributed by atoms with Crippen molar-refractivity contribution in [2.45, 2.75) is 26.8 Å². The second kappa shape index (κ2) is 5.96. The predicted molar refractivity (Wildman–Crippen MR) is 95.7 cm³/mol. The molecule has 122 valence electrons. The minimum atomic E-state index is -0.641. The van der Waals surface area contributed by atoms with Crippen molar-refractivity contribution in [3.05, 3.63) is 71.3 Å². The SMILES string of the molecule is C=C1c2ccccc2C(=O)N1[C@@H](C)C(=O)Nc1cc(C)ccc1C. The number of anilines is 1. The zero-order valence-electron chi connectivity index (χ0n) is 14.1. The first-order valence-corrected chi connectivity index (χ1v) is 7.90. The molecule has 0 unspecified atom stereocenters. The number of benzene rings is 2. The minimum absolute atomic E-state index is 0.181. The van der Waals surface area contributed by atoms with E-state index in [1.807, 2.05) is 50.2 Å². The number of amides is 2. The second-order valence-electron chi connectivity index (χ2n) is 6.15. The summed E-state index contributed by atoms with van der Waals surface area (Å²) in [6.07, 6.45) is 0. The van der Waals surface area contributed by atoms with E-state index in [0.29, 0.717) is 11.3 Å². The van der Waals surface area contributed by atoms with E-state index in [-0.39, 0.29) is 11.8 Å². The molecular weight excluding hydrogens is 300 g/mol. The Kier molecular flexibility index (Phi) is 3.97. The summed E-state index contributed by atoms with van der Waals surface area (Å²) < 4.78 is 0. The van der Waals surface area contributed by atoms with Gasteiger partial charge in [0, 0.05) is 22.5 Å². The van der Waals surface area contributed by atoms with Crippen molar-refractivity contribution >= 4 is 23.2 Å². The van der Waals surface area contributed by atoms with Gasteiger partial charge in [0.1, 0.15) is 6.04 Å². The Hall–Kier alpha value is -2.88. The molecule has 2 aromatic rings. The lowest BCUT2D eigenvalue weighted by Crippen LogP contribution is -2.41. The monoisotopic (exact) mass is 320 g/mol. The fraction of sp³-hybridized carbons (Fsp3) is 0.200. The number of carbonyl (C=O) groups is 2. The molecule has 0 aliphatic carbocycles. The molecule has 2 amide bonds. The van der Waals surface area contributed by atoms with Crippen LogP contribution in [0.5, 0.6) is 0 Å². The summed E-state index contributed by atoms with van der Waals surface area (Å²) in [5.74, 6) is -0.412. The fourth-order valence-corrected chi connectivity index (χ4v) is 2.94. The Bertz CT molecular complexity index is 819. The lowest BCUT2D eigenvalue weighted by Gasteiger charge is -2.25. The lowest BCUT2D eigenvalue weighted by molar-refractivity contribution is -0.119. The summed E-state index contributed by atoms with van der Waals surface area (Å²) >= 11 is 0. The van der Waals surface area contributed by atoms with E-state index in [2.05, 4.69) is 11.9 Å². The van der Waals surface area contributed by atoms with Gasteiger partial charge in [-0.3, -0.25) is 14.5 Å². The van der Waals surface area contributed by atoms with Crippen LogP contribution in [0.2, 0.25) is 0 Å². The van der Waals surface area contributed by atoms with Gasteiger partial charge in [0.05, 0.1) is 0 Å². The van der Waals surface area contributed by atoms with Gasteiger partial charge >= 0.3 is 0 Å². The highest BCUT2D eigenvalue weighted by molar-refractivity contribution is 6.12. The van der Waals surface area contributed by atoms with Gasteiger partial charge in [-0.15, -0.1) is 0 Å². The van der Waals surface area contributed by atoms with E-state index >= 15 is 0 Å². The maximum absolute atomic E-state index is 12.7. The summed E-state index contributed by atoms with van der Waals surface area (Å²) in [5, 5.41) is 2.92. The van der Waals surface area contributed by atoms with Crippen molar-refractivity contribution in [2.24, 2.45) is 0 Å². The number of nitrogens with one attached hydrogen (secondary N) is 1. The van der Waals surface area contributed by atoms with E-state index in [4.69, 9.17) is 0 Å². The lowest BCUT2D eigenvalue weighted by atomic mass is 10.1. The fourth-order valence-electron chi connectivity index (χ4n) is 2.94. The largest absolute Gasteiger partial charge is 0.324 e. The summed E-state index contributed by atoms with van der Waals surface area (Å²) in [6, 6.07) is 12.5. The van der Waals surface area contributed by atoms with E-state index in [9.17, 15) is 9.59 Å². The van der Waals surface area contributed by atoms with Gasteiger partial charge in [0.15, 0.2) is 0 Å². The van der Waals surface area contributed by atoms with Gasteiger partial charge in [-0.1, -0.05) is 36.9 Å². The van der Waals surface area contributed by atoms with Crippen LogP contribution in [0, 0.1) is 13.8 Å². The standard InChI is InChI=1S/C20H20N2O2/c1-12-9-10-13(2)18(11-12)21-19(23)15(4)22-14(3)16-7-5-6-8-17(16)20(22)24/h5-11,15H,3H2,1-2,4H3,(H,21,23)/t15-/m0/s1. The zero-order chi connectivity index (χ0) is 17.4. The Morgan fingerprint density at radius 1 is 1.12 bits per heavy atom. The third kappa shape index (κ3) is 2.60. The Morgan fingerprint density at radius 2 is 1.79 bits per heavy atom. The molecule has 1 N–H and O–H groups in total. The van der Waals surface area contributed by atoms with Gasteiger partial charge in [0.2, 0.25) is 5.91 Å². The molecule has 1 aliphatic heterocycles. The van der Waals surface area contributed by atoms with Crippen molar-refractivity contribution in [1.82, 2.24) is 4.90 Å². The van der Waals surface area contributed by atoms with Crippen LogP contribution in [0.4, 0.5) is 5.69 Å². The summed E-state index contributed by atoms with van der Waals surface area (Å²) in [5.41, 5.74) is 4.76. The van der Waals surface area contributed by atoms with Crippen LogP contribution in [0.3, 0.4) is 0 Å². The molecule has 4 heteroatoms. The molecule has 4 nitrogen and oxygen atoms in total. The topological polar surface area (TPSA) is 49.4 Å². The molecule has 0 saturated heterocycles. The Labute approximate surface area is 141 Å². The summed E-state index contributed by atoms with van der Waals surface area (Å²) in [6.45, 7) is 9.63. The molecule has 24 heavy (non-hydrogen) atoms. The van der Waals surface area contributed by atoms with Gasteiger partial charge in [-0.05, 0) is 44.0 Å². The van der Waals surface area contributed by atoms with Crippen molar-refractivity contribution in [1.29, 1.82) is 0 Å². The van der Waals surface area contributed by atoms with Crippen LogP contribution in [-0.4, -0.2) is 22.8 Å². The Morgan fingerprint density at radius 3 is 2.46 bits per heavy atom. The van der Waals surface area contributed by atoms with Gasteiger partial charge < -0.3 is 5.32 Å². The number of fused-ring (bicyclic) bond motifs is 1. The molecule has 2 aromatic carbocycles. The minimum Gasteiger partial charge on any atom is -0.324 e. The highest BCUT2D eigenvalue weighted by Gasteiger charge is 2.36. The first-order valence-electron chi connectivity index (χ1n) is 7.90. The van der Waals surface area contributed by atoms with Crippen molar-refractivity contribution in [3.63, 3.8) is 0 Å². The number of nitrogens with zero attached hydrogens (tertiary/aromatic N) is 1. The van der Waals surface area contributed by atoms with E-state index < -0.39 is 6.04 Å². The average Bonchev–Trinajstić information content (AvgIpc) is 2.82. The van der Waals surface area contributed by atoms with Crippen molar-refractivity contribution in [2.75, 3.05) is 5.32 Å². The molecular formula is C20H20N2O2. The number of carbonyl (C=O) groups excluding carboxylic acids is 2. The smallest absolute Gasteiger partial charge is 0.259 e. The Balaban J connectivity index is 1.83. The third-order valence-electron chi connectivity index (χ3n) is 4.40. The molecule has 0 bridgehead atoms. The molecule has 0 saturated carbocycles. The van der Waals surface area contributed by atoms with Crippen molar-refractivity contribution < 1.29 is 9.59 Å². The number of hydrogen-bond acceptors (Lipinski definition) is 2. The highest BCUT2D eigenvalue weighted by atomic mass is 16.2. The molecule has 1 heterocycles. The normalized spacial score (nSPS) is 14.5. The van der Waals surface area contributed by atoms with Crippen LogP contribution >= 0.6 is 0 Å². The van der Waals surface area contributed by atoms with Gasteiger partial charge in [-0.2, -0.15) is 0 Å². The van der Waals surface area contributed by atoms with Gasteiger partial charge in [0.25, 0.3) is 5.91 Å². The number of hydrogen-bond donors (Lipinski definition) is 1. The molecule has 0 radical (unpaired) electrons. The first-order chi connectivity index (χ1) is 11.4. The molecule has 0 spiro atoms. The molecule has 0 aromatic heterocycles. The van der Waals surface area contributed by atoms with Crippen molar-refractivity contribution in [3.8, 4) is 0 Å². The maximum Gasteiger partial charge on any atom is 0.259 e. The quantitative estimate of drug-likeness (QED) is 0.936. The molecule has 0 fully saturated rings. The molecule has 3 rings (SSSR count). The van der Waals surface area contributed by atoms with Gasteiger partial charge in [-0.25, -0.2) is 0 Å². The van der Waals surface area contributed by atoms with Crippen LogP contribution in [0.25, 0.3) is 5.70 Å². The zero-order valence-corrected chi connectivity index (χ0v) is 14.1. The van der Waals surface area contributed by atoms with Crippen LogP contribution in [-0.2, 0) is 4.79 Å².